The fourth-order valence-electron chi connectivity index (χ4n) is 2.06. The number of nitrogens with zero attached hydrogens (tertiary/aromatic N) is 1. The van der Waals surface area contributed by atoms with Crippen LogP contribution in [-0.4, -0.2) is 37.2 Å². The van der Waals surface area contributed by atoms with E-state index in [0.717, 1.165) is 50.9 Å². The third-order valence-electron chi connectivity index (χ3n) is 3.36. The molecule has 0 unspecified atom stereocenters. The maximum absolute atomic E-state index is 5.86. The van der Waals surface area contributed by atoms with E-state index < -0.39 is 0 Å². The summed E-state index contributed by atoms with van der Waals surface area (Å²) in [5.74, 6) is 2.07. The summed E-state index contributed by atoms with van der Waals surface area (Å²) >= 11 is 0. The Morgan fingerprint density at radius 2 is 2.10 bits per heavy atom. The van der Waals surface area contributed by atoms with E-state index in [1.54, 1.807) is 0 Å². The van der Waals surface area contributed by atoms with Crippen LogP contribution in [0.5, 0.6) is 0 Å². The van der Waals surface area contributed by atoms with Gasteiger partial charge in [0.2, 0.25) is 0 Å². The second-order valence-corrected chi connectivity index (χ2v) is 5.40. The van der Waals surface area contributed by atoms with Crippen molar-refractivity contribution >= 4 is 0 Å². The average molecular weight is 282 g/mol. The van der Waals surface area contributed by atoms with Crippen LogP contribution in [0.4, 0.5) is 0 Å². The Labute approximate surface area is 123 Å². The van der Waals surface area contributed by atoms with Crippen molar-refractivity contribution in [3.8, 4) is 0 Å². The Bertz CT molecular complexity index is 375. The molecular formula is C16H30N2O2. The van der Waals surface area contributed by atoms with Gasteiger partial charge >= 0.3 is 0 Å². The standard InChI is InChI=1S/C16H30N2O2/c1-6-18(8-9-19-7-2)12-16-10-15(14(5)20-16)11-17-13(3)4/h10,13,17H,6-9,11-12H2,1-5H3. The molecule has 0 amide bonds. The molecule has 0 aromatic carbocycles. The first-order valence-electron chi connectivity index (χ1n) is 7.68. The Morgan fingerprint density at radius 1 is 1.35 bits per heavy atom. The van der Waals surface area contributed by atoms with E-state index >= 15 is 0 Å². The van der Waals surface area contributed by atoms with Gasteiger partial charge in [-0.05, 0) is 26.5 Å². The Morgan fingerprint density at radius 3 is 2.70 bits per heavy atom. The van der Waals surface area contributed by atoms with E-state index in [-0.39, 0.29) is 0 Å². The fourth-order valence-corrected chi connectivity index (χ4v) is 2.06. The van der Waals surface area contributed by atoms with Gasteiger partial charge < -0.3 is 14.5 Å². The van der Waals surface area contributed by atoms with Crippen LogP contribution in [-0.2, 0) is 17.8 Å². The molecule has 4 heteroatoms. The van der Waals surface area contributed by atoms with Gasteiger partial charge in [-0.2, -0.15) is 0 Å². The fraction of sp³-hybridized carbons (Fsp3) is 0.750. The summed E-state index contributed by atoms with van der Waals surface area (Å²) < 4.78 is 11.3. The van der Waals surface area contributed by atoms with E-state index in [0.29, 0.717) is 6.04 Å². The molecule has 116 valence electrons. The molecule has 0 spiro atoms. The SMILES string of the molecule is CCOCCN(CC)Cc1cc(CNC(C)C)c(C)o1. The van der Waals surface area contributed by atoms with Gasteiger partial charge in [0, 0.05) is 31.3 Å². The largest absolute Gasteiger partial charge is 0.465 e. The number of hydrogen-bond acceptors (Lipinski definition) is 4. The highest BCUT2D eigenvalue weighted by molar-refractivity contribution is 5.20. The average Bonchev–Trinajstić information content (AvgIpc) is 2.75. The maximum atomic E-state index is 5.86. The van der Waals surface area contributed by atoms with Gasteiger partial charge in [-0.25, -0.2) is 0 Å². The van der Waals surface area contributed by atoms with Gasteiger partial charge in [0.1, 0.15) is 11.5 Å². The highest BCUT2D eigenvalue weighted by Crippen LogP contribution is 2.16. The number of hydrogen-bond donors (Lipinski definition) is 1. The van der Waals surface area contributed by atoms with Crippen molar-refractivity contribution < 1.29 is 9.15 Å². The molecule has 0 aliphatic heterocycles. The van der Waals surface area contributed by atoms with Gasteiger partial charge in [0.25, 0.3) is 0 Å². The molecule has 1 N–H and O–H groups in total. The van der Waals surface area contributed by atoms with E-state index in [1.807, 2.05) is 13.8 Å². The van der Waals surface area contributed by atoms with Crippen molar-refractivity contribution in [3.63, 3.8) is 0 Å². The van der Waals surface area contributed by atoms with Crippen LogP contribution in [0.2, 0.25) is 0 Å². The Hall–Kier alpha value is -0.840. The van der Waals surface area contributed by atoms with Gasteiger partial charge in [-0.1, -0.05) is 20.8 Å². The second-order valence-electron chi connectivity index (χ2n) is 5.40. The van der Waals surface area contributed by atoms with Crippen LogP contribution in [0, 0.1) is 6.92 Å². The second kappa shape index (κ2) is 9.16. The first-order valence-corrected chi connectivity index (χ1v) is 7.68. The molecule has 20 heavy (non-hydrogen) atoms. The molecule has 4 nitrogen and oxygen atoms in total. The van der Waals surface area contributed by atoms with Crippen molar-refractivity contribution in [2.75, 3.05) is 26.3 Å². The lowest BCUT2D eigenvalue weighted by atomic mass is 10.2. The van der Waals surface area contributed by atoms with Gasteiger partial charge in [-0.3, -0.25) is 4.90 Å². The molecule has 0 atom stereocenters. The predicted octanol–water partition coefficient (Wildman–Crippen LogP) is 2.94. The molecule has 1 aromatic rings. The van der Waals surface area contributed by atoms with E-state index in [1.165, 1.54) is 5.56 Å². The minimum atomic E-state index is 0.492. The predicted molar refractivity (Wildman–Crippen MR) is 82.9 cm³/mol. The maximum Gasteiger partial charge on any atom is 0.118 e. The van der Waals surface area contributed by atoms with Crippen LogP contribution < -0.4 is 5.32 Å². The number of ether oxygens (including phenoxy) is 1. The minimum absolute atomic E-state index is 0.492. The number of likely N-dealkylation sites (N-methyl/N-ethyl adjacent to an activating group) is 1. The minimum Gasteiger partial charge on any atom is -0.465 e. The van der Waals surface area contributed by atoms with Crippen LogP contribution in [0.3, 0.4) is 0 Å². The first-order chi connectivity index (χ1) is 9.56. The molecular weight excluding hydrogens is 252 g/mol. The van der Waals surface area contributed by atoms with Crippen molar-refractivity contribution in [2.45, 2.75) is 53.8 Å². The van der Waals surface area contributed by atoms with Crippen molar-refractivity contribution in [1.29, 1.82) is 0 Å². The number of nitrogens with one attached hydrogen (secondary N) is 1. The summed E-state index contributed by atoms with van der Waals surface area (Å²) in [6, 6.07) is 2.67. The number of furan rings is 1. The lowest BCUT2D eigenvalue weighted by molar-refractivity contribution is 0.110. The van der Waals surface area contributed by atoms with Crippen LogP contribution in [0.1, 0.15) is 44.8 Å². The van der Waals surface area contributed by atoms with Crippen LogP contribution in [0.25, 0.3) is 0 Å². The molecule has 0 bridgehead atoms. The van der Waals surface area contributed by atoms with E-state index in [9.17, 15) is 0 Å². The number of aryl methyl sites for hydroxylation is 1. The highest BCUT2D eigenvalue weighted by atomic mass is 16.5. The molecule has 0 saturated heterocycles. The molecule has 0 aliphatic carbocycles. The molecule has 1 aromatic heterocycles. The molecule has 0 aliphatic rings. The summed E-state index contributed by atoms with van der Waals surface area (Å²) in [5, 5.41) is 3.43. The van der Waals surface area contributed by atoms with Crippen molar-refractivity contribution in [3.05, 3.63) is 23.2 Å². The smallest absolute Gasteiger partial charge is 0.118 e. The molecule has 0 saturated carbocycles. The number of rotatable bonds is 10. The summed E-state index contributed by atoms with van der Waals surface area (Å²) in [7, 11) is 0. The summed E-state index contributed by atoms with van der Waals surface area (Å²) in [5.41, 5.74) is 1.26. The highest BCUT2D eigenvalue weighted by Gasteiger charge is 2.11. The molecule has 1 rings (SSSR count). The third kappa shape index (κ3) is 6.07. The van der Waals surface area contributed by atoms with Gasteiger partial charge in [0.05, 0.1) is 13.2 Å². The molecule has 0 radical (unpaired) electrons. The van der Waals surface area contributed by atoms with Gasteiger partial charge in [-0.15, -0.1) is 0 Å². The lowest BCUT2D eigenvalue weighted by Gasteiger charge is -2.18. The van der Waals surface area contributed by atoms with E-state index in [4.69, 9.17) is 9.15 Å². The monoisotopic (exact) mass is 282 g/mol. The van der Waals surface area contributed by atoms with Crippen LogP contribution in [0.15, 0.2) is 10.5 Å². The zero-order chi connectivity index (χ0) is 15.0. The van der Waals surface area contributed by atoms with E-state index in [2.05, 4.69) is 37.1 Å². The first kappa shape index (κ1) is 17.2. The molecule has 0 fully saturated rings. The normalized spacial score (nSPS) is 11.8. The zero-order valence-electron chi connectivity index (χ0n) is 13.7. The summed E-state index contributed by atoms with van der Waals surface area (Å²) in [6.45, 7) is 15.8. The topological polar surface area (TPSA) is 37.6 Å². The Kier molecular flexibility index (Phi) is 7.88. The summed E-state index contributed by atoms with van der Waals surface area (Å²) in [4.78, 5) is 2.34. The lowest BCUT2D eigenvalue weighted by Crippen LogP contribution is -2.26. The Balaban J connectivity index is 2.51. The van der Waals surface area contributed by atoms with Crippen LogP contribution >= 0.6 is 0 Å². The van der Waals surface area contributed by atoms with Gasteiger partial charge in [0.15, 0.2) is 0 Å². The third-order valence-corrected chi connectivity index (χ3v) is 3.36. The van der Waals surface area contributed by atoms with Crippen molar-refractivity contribution in [1.82, 2.24) is 10.2 Å². The quantitative estimate of drug-likeness (QED) is 0.670. The summed E-state index contributed by atoms with van der Waals surface area (Å²) in [6.07, 6.45) is 0. The van der Waals surface area contributed by atoms with Crippen molar-refractivity contribution in [2.24, 2.45) is 0 Å². The molecule has 1 heterocycles. The zero-order valence-corrected chi connectivity index (χ0v) is 13.7.